The van der Waals surface area contributed by atoms with Crippen LogP contribution in [-0.2, 0) is 6.54 Å². The number of hydrogen-bond donors (Lipinski definition) is 1. The third-order valence-electron chi connectivity index (χ3n) is 2.90. The second-order valence-electron chi connectivity index (χ2n) is 4.42. The van der Waals surface area contributed by atoms with E-state index in [1.807, 2.05) is 11.4 Å². The summed E-state index contributed by atoms with van der Waals surface area (Å²) < 4.78 is 0.980. The number of rotatable bonds is 4. The van der Waals surface area contributed by atoms with Gasteiger partial charge in [-0.1, -0.05) is 6.07 Å². The molecule has 0 radical (unpaired) electrons. The maximum Gasteiger partial charge on any atom is 0.292 e. The van der Waals surface area contributed by atoms with Gasteiger partial charge in [0.2, 0.25) is 0 Å². The number of nitrogens with two attached hydrogens (primary N) is 1. The Morgan fingerprint density at radius 2 is 2.24 bits per heavy atom. The fourth-order valence-corrected chi connectivity index (χ4v) is 3.08. The van der Waals surface area contributed by atoms with E-state index < -0.39 is 4.92 Å². The molecular formula is C13H12BrN3O3S. The maximum absolute atomic E-state index is 12.4. The number of amides is 1. The van der Waals surface area contributed by atoms with Gasteiger partial charge in [-0.2, -0.15) is 0 Å². The Bertz CT molecular complexity index is 702. The van der Waals surface area contributed by atoms with Crippen LogP contribution in [0, 0.1) is 10.1 Å². The number of thiophene rings is 1. The van der Waals surface area contributed by atoms with Crippen LogP contribution in [0.3, 0.4) is 0 Å². The van der Waals surface area contributed by atoms with Crippen molar-refractivity contribution in [1.29, 1.82) is 0 Å². The van der Waals surface area contributed by atoms with E-state index in [-0.39, 0.29) is 22.8 Å². The quantitative estimate of drug-likeness (QED) is 0.508. The fraction of sp³-hybridized carbons (Fsp3) is 0.154. The lowest BCUT2D eigenvalue weighted by atomic mass is 10.1. The first-order chi connectivity index (χ1) is 9.90. The van der Waals surface area contributed by atoms with Gasteiger partial charge in [-0.15, -0.1) is 11.3 Å². The summed E-state index contributed by atoms with van der Waals surface area (Å²) in [6.45, 7) is 0.406. The summed E-state index contributed by atoms with van der Waals surface area (Å²) in [6, 6.07) is 6.15. The monoisotopic (exact) mass is 369 g/mol. The topological polar surface area (TPSA) is 89.5 Å². The molecule has 0 unspecified atom stereocenters. The Balaban J connectivity index is 2.23. The molecule has 0 fully saturated rings. The molecule has 0 atom stereocenters. The first-order valence-electron chi connectivity index (χ1n) is 5.91. The molecule has 0 spiro atoms. The van der Waals surface area contributed by atoms with E-state index in [9.17, 15) is 14.9 Å². The van der Waals surface area contributed by atoms with Crippen molar-refractivity contribution in [1.82, 2.24) is 4.90 Å². The predicted molar refractivity (Wildman–Crippen MR) is 85.3 cm³/mol. The van der Waals surface area contributed by atoms with Crippen LogP contribution < -0.4 is 5.73 Å². The van der Waals surface area contributed by atoms with Gasteiger partial charge in [-0.3, -0.25) is 14.9 Å². The van der Waals surface area contributed by atoms with Crippen molar-refractivity contribution in [2.75, 3.05) is 12.8 Å². The molecule has 0 aliphatic heterocycles. The zero-order chi connectivity index (χ0) is 15.6. The lowest BCUT2D eigenvalue weighted by molar-refractivity contribution is -0.383. The van der Waals surface area contributed by atoms with Gasteiger partial charge < -0.3 is 10.6 Å². The summed E-state index contributed by atoms with van der Waals surface area (Å²) >= 11 is 4.89. The minimum Gasteiger partial charge on any atom is -0.393 e. The third-order valence-corrected chi connectivity index (χ3v) is 4.45. The summed E-state index contributed by atoms with van der Waals surface area (Å²) in [5, 5.41) is 12.8. The number of nitrogens with zero attached hydrogens (tertiary/aromatic N) is 2. The number of benzene rings is 1. The number of carbonyl (C=O) groups excluding carboxylic acids is 1. The van der Waals surface area contributed by atoms with E-state index in [4.69, 9.17) is 5.73 Å². The average Bonchev–Trinajstić information content (AvgIpc) is 2.83. The second-order valence-corrected chi connectivity index (χ2v) is 6.71. The van der Waals surface area contributed by atoms with Crippen molar-refractivity contribution in [3.05, 3.63) is 54.7 Å². The summed E-state index contributed by atoms with van der Waals surface area (Å²) in [7, 11) is 1.63. The normalized spacial score (nSPS) is 10.4. The largest absolute Gasteiger partial charge is 0.393 e. The molecule has 2 N–H and O–H groups in total. The molecule has 0 saturated carbocycles. The summed E-state index contributed by atoms with van der Waals surface area (Å²) in [6.07, 6.45) is 0. The summed E-state index contributed by atoms with van der Waals surface area (Å²) in [5.41, 5.74) is 6.48. The SMILES string of the molecule is CN(Cc1csc(Br)c1)C(=O)c1cccc([N+](=O)[O-])c1N. The smallest absolute Gasteiger partial charge is 0.292 e. The molecule has 2 rings (SSSR count). The number of nitro groups is 1. The van der Waals surface area contributed by atoms with E-state index >= 15 is 0 Å². The molecule has 0 aliphatic carbocycles. The number of halogens is 1. The highest BCUT2D eigenvalue weighted by Crippen LogP contribution is 2.26. The van der Waals surface area contributed by atoms with Crippen LogP contribution in [0.25, 0.3) is 0 Å². The molecular weight excluding hydrogens is 358 g/mol. The molecule has 1 heterocycles. The van der Waals surface area contributed by atoms with Gasteiger partial charge in [-0.05, 0) is 39.0 Å². The zero-order valence-corrected chi connectivity index (χ0v) is 13.5. The van der Waals surface area contributed by atoms with Crippen LogP contribution >= 0.6 is 27.3 Å². The molecule has 1 amide bonds. The first kappa shape index (κ1) is 15.5. The molecule has 21 heavy (non-hydrogen) atoms. The lowest BCUT2D eigenvalue weighted by Gasteiger charge is -2.17. The van der Waals surface area contributed by atoms with Crippen molar-refractivity contribution in [3.63, 3.8) is 0 Å². The Morgan fingerprint density at radius 3 is 2.81 bits per heavy atom. The second kappa shape index (κ2) is 6.23. The molecule has 2 aromatic rings. The standard InChI is InChI=1S/C13H12BrN3O3S/c1-16(6-8-5-11(14)21-7-8)13(18)9-3-2-4-10(12(9)15)17(19)20/h2-5,7H,6,15H2,1H3. The average molecular weight is 370 g/mol. The molecule has 0 saturated heterocycles. The third kappa shape index (κ3) is 3.40. The van der Waals surface area contributed by atoms with Crippen LogP contribution in [0.1, 0.15) is 15.9 Å². The molecule has 0 aliphatic rings. The van der Waals surface area contributed by atoms with Crippen LogP contribution in [0.15, 0.2) is 33.4 Å². The van der Waals surface area contributed by atoms with Crippen LogP contribution in [-0.4, -0.2) is 22.8 Å². The number of para-hydroxylation sites is 1. The molecule has 1 aromatic carbocycles. The highest BCUT2D eigenvalue weighted by atomic mass is 79.9. The van der Waals surface area contributed by atoms with Gasteiger partial charge in [0.05, 0.1) is 14.3 Å². The molecule has 1 aromatic heterocycles. The molecule has 110 valence electrons. The number of nitro benzene ring substituents is 1. The van der Waals surface area contributed by atoms with E-state index in [1.165, 1.54) is 34.4 Å². The van der Waals surface area contributed by atoms with Gasteiger partial charge in [0.15, 0.2) is 0 Å². The van der Waals surface area contributed by atoms with Gasteiger partial charge in [0.1, 0.15) is 5.69 Å². The van der Waals surface area contributed by atoms with Crippen molar-refractivity contribution in [2.24, 2.45) is 0 Å². The van der Waals surface area contributed by atoms with E-state index in [2.05, 4.69) is 15.9 Å². The van der Waals surface area contributed by atoms with E-state index in [0.29, 0.717) is 6.54 Å². The number of nitrogen functional groups attached to an aromatic ring is 1. The number of hydrogen-bond acceptors (Lipinski definition) is 5. The van der Waals surface area contributed by atoms with Crippen molar-refractivity contribution in [3.8, 4) is 0 Å². The van der Waals surface area contributed by atoms with Gasteiger partial charge in [-0.25, -0.2) is 0 Å². The van der Waals surface area contributed by atoms with Crippen LogP contribution in [0.2, 0.25) is 0 Å². The number of carbonyl (C=O) groups is 1. The Hall–Kier alpha value is -1.93. The fourth-order valence-electron chi connectivity index (χ4n) is 1.88. The lowest BCUT2D eigenvalue weighted by Crippen LogP contribution is -2.27. The van der Waals surface area contributed by atoms with Crippen molar-refractivity contribution in [2.45, 2.75) is 6.54 Å². The maximum atomic E-state index is 12.4. The van der Waals surface area contributed by atoms with E-state index in [0.717, 1.165) is 9.35 Å². The van der Waals surface area contributed by atoms with E-state index in [1.54, 1.807) is 7.05 Å². The van der Waals surface area contributed by atoms with Crippen LogP contribution in [0.5, 0.6) is 0 Å². The zero-order valence-electron chi connectivity index (χ0n) is 11.1. The molecule has 0 bridgehead atoms. The minimum absolute atomic E-state index is 0.106. The molecule has 6 nitrogen and oxygen atoms in total. The van der Waals surface area contributed by atoms with Crippen molar-refractivity contribution >= 4 is 44.5 Å². The Kier molecular flexibility index (Phi) is 4.59. The van der Waals surface area contributed by atoms with Gasteiger partial charge >= 0.3 is 0 Å². The Labute approximate surface area is 133 Å². The summed E-state index contributed by atoms with van der Waals surface area (Å²) in [5.74, 6) is -0.349. The highest BCUT2D eigenvalue weighted by molar-refractivity contribution is 9.11. The highest BCUT2D eigenvalue weighted by Gasteiger charge is 2.21. The van der Waals surface area contributed by atoms with Gasteiger partial charge in [0.25, 0.3) is 11.6 Å². The number of anilines is 1. The Morgan fingerprint density at radius 1 is 1.52 bits per heavy atom. The summed E-state index contributed by atoms with van der Waals surface area (Å²) in [4.78, 5) is 24.1. The molecule has 8 heteroatoms. The first-order valence-corrected chi connectivity index (χ1v) is 7.58. The minimum atomic E-state index is -0.595. The predicted octanol–water partition coefficient (Wildman–Crippen LogP) is 3.27. The van der Waals surface area contributed by atoms with Crippen molar-refractivity contribution < 1.29 is 9.72 Å². The van der Waals surface area contributed by atoms with Crippen LogP contribution in [0.4, 0.5) is 11.4 Å². The van der Waals surface area contributed by atoms with Gasteiger partial charge in [0, 0.05) is 19.7 Å².